The third-order valence-corrected chi connectivity index (χ3v) is 4.11. The molecule has 0 atom stereocenters. The van der Waals surface area contributed by atoms with E-state index in [0.717, 1.165) is 48.2 Å². The molecule has 0 amide bonds. The van der Waals surface area contributed by atoms with Gasteiger partial charge in [-0.2, -0.15) is 0 Å². The van der Waals surface area contributed by atoms with Gasteiger partial charge < -0.3 is 10.4 Å². The molecule has 0 bridgehead atoms. The zero-order valence-electron chi connectivity index (χ0n) is 11.9. The number of aromatic nitrogens is 2. The van der Waals surface area contributed by atoms with E-state index in [1.54, 1.807) is 0 Å². The third-order valence-electron chi connectivity index (χ3n) is 4.11. The number of hydrogen-bond acceptors (Lipinski definition) is 4. The number of nitrogens with one attached hydrogen (secondary N) is 1. The number of fused-ring (bicyclic) bond motifs is 1. The summed E-state index contributed by atoms with van der Waals surface area (Å²) in [6.07, 6.45) is 5.21. The normalized spacial score (nSPS) is 18.1. The fraction of sp³-hybridized carbons (Fsp3) is 0.500. The molecule has 0 radical (unpaired) electrons. The first-order chi connectivity index (χ1) is 9.66. The van der Waals surface area contributed by atoms with Crippen LogP contribution in [0.15, 0.2) is 24.3 Å². The fourth-order valence-corrected chi connectivity index (χ4v) is 2.89. The molecule has 4 nitrogen and oxygen atoms in total. The highest BCUT2D eigenvalue weighted by Gasteiger charge is 2.29. The Morgan fingerprint density at radius 3 is 2.45 bits per heavy atom. The minimum Gasteiger partial charge on any atom is -0.388 e. The number of anilines is 1. The molecular weight excluding hydrogens is 250 g/mol. The Bertz CT molecular complexity index is 606. The van der Waals surface area contributed by atoms with Crippen molar-refractivity contribution in [3.05, 3.63) is 30.0 Å². The molecule has 1 aromatic heterocycles. The maximum Gasteiger partial charge on any atom is 0.148 e. The van der Waals surface area contributed by atoms with Crippen LogP contribution in [0.3, 0.4) is 0 Å². The number of nitrogens with zero attached hydrogens (tertiary/aromatic N) is 2. The van der Waals surface area contributed by atoms with Crippen LogP contribution in [0.2, 0.25) is 0 Å². The van der Waals surface area contributed by atoms with E-state index in [1.807, 2.05) is 31.2 Å². The molecular formula is C16H21N3O. The molecule has 1 aromatic carbocycles. The van der Waals surface area contributed by atoms with E-state index in [1.165, 1.54) is 6.42 Å². The number of aryl methyl sites for hydroxylation is 1. The lowest BCUT2D eigenvalue weighted by molar-refractivity contribution is 0.0166. The number of rotatable bonds is 3. The molecule has 1 fully saturated rings. The van der Waals surface area contributed by atoms with Crippen LogP contribution in [0.25, 0.3) is 11.0 Å². The third kappa shape index (κ3) is 2.75. The molecule has 1 saturated carbocycles. The fourth-order valence-electron chi connectivity index (χ4n) is 2.89. The summed E-state index contributed by atoms with van der Waals surface area (Å²) in [5, 5.41) is 13.8. The van der Waals surface area contributed by atoms with E-state index in [4.69, 9.17) is 0 Å². The first kappa shape index (κ1) is 13.3. The first-order valence-electron chi connectivity index (χ1n) is 7.36. The van der Waals surface area contributed by atoms with Crippen molar-refractivity contribution in [3.63, 3.8) is 0 Å². The predicted octanol–water partition coefficient (Wildman–Crippen LogP) is 3.05. The maximum absolute atomic E-state index is 10.5. The number of aliphatic hydroxyl groups is 1. The van der Waals surface area contributed by atoms with Crippen molar-refractivity contribution in [3.8, 4) is 0 Å². The second-order valence-corrected chi connectivity index (χ2v) is 5.78. The first-order valence-corrected chi connectivity index (χ1v) is 7.36. The minimum atomic E-state index is -0.585. The summed E-state index contributed by atoms with van der Waals surface area (Å²) in [7, 11) is 0. The lowest BCUT2D eigenvalue weighted by atomic mass is 9.85. The molecule has 1 aliphatic carbocycles. The number of para-hydroxylation sites is 2. The van der Waals surface area contributed by atoms with Gasteiger partial charge in [0.25, 0.3) is 0 Å². The van der Waals surface area contributed by atoms with Gasteiger partial charge in [-0.3, -0.25) is 0 Å². The predicted molar refractivity (Wildman–Crippen MR) is 80.8 cm³/mol. The van der Waals surface area contributed by atoms with Crippen LogP contribution in [-0.2, 0) is 0 Å². The van der Waals surface area contributed by atoms with E-state index < -0.39 is 5.60 Å². The van der Waals surface area contributed by atoms with E-state index in [9.17, 15) is 5.11 Å². The summed E-state index contributed by atoms with van der Waals surface area (Å²) in [5.41, 5.74) is 2.09. The largest absolute Gasteiger partial charge is 0.388 e. The summed E-state index contributed by atoms with van der Waals surface area (Å²) >= 11 is 0. The molecule has 0 saturated heterocycles. The van der Waals surface area contributed by atoms with Gasteiger partial charge in [0.2, 0.25) is 0 Å². The highest BCUT2D eigenvalue weighted by molar-refractivity contribution is 5.76. The second-order valence-electron chi connectivity index (χ2n) is 5.78. The summed E-state index contributed by atoms with van der Waals surface area (Å²) in [6, 6.07) is 7.86. The molecule has 2 aromatic rings. The van der Waals surface area contributed by atoms with Crippen molar-refractivity contribution in [2.75, 3.05) is 11.9 Å². The van der Waals surface area contributed by atoms with E-state index >= 15 is 0 Å². The van der Waals surface area contributed by atoms with Crippen LogP contribution in [0.5, 0.6) is 0 Å². The SMILES string of the molecule is Cc1nc2ccccc2nc1NCC1(O)CCCCC1. The number of hydrogen-bond donors (Lipinski definition) is 2. The van der Waals surface area contributed by atoms with Crippen molar-refractivity contribution in [1.29, 1.82) is 0 Å². The molecule has 2 N–H and O–H groups in total. The van der Waals surface area contributed by atoms with Crippen molar-refractivity contribution in [2.45, 2.75) is 44.6 Å². The van der Waals surface area contributed by atoms with Gasteiger partial charge in [-0.1, -0.05) is 31.4 Å². The van der Waals surface area contributed by atoms with Gasteiger partial charge in [-0.25, -0.2) is 9.97 Å². The molecule has 4 heteroatoms. The summed E-state index contributed by atoms with van der Waals surface area (Å²) in [5.74, 6) is 0.780. The molecule has 1 aliphatic rings. The smallest absolute Gasteiger partial charge is 0.148 e. The van der Waals surface area contributed by atoms with Gasteiger partial charge in [0.15, 0.2) is 0 Å². The van der Waals surface area contributed by atoms with Crippen molar-refractivity contribution in [1.82, 2.24) is 9.97 Å². The van der Waals surface area contributed by atoms with Gasteiger partial charge in [-0.05, 0) is 31.9 Å². The van der Waals surface area contributed by atoms with Gasteiger partial charge in [0.05, 0.1) is 22.3 Å². The zero-order chi connectivity index (χ0) is 14.0. The molecule has 0 aliphatic heterocycles. The van der Waals surface area contributed by atoms with Gasteiger partial charge >= 0.3 is 0 Å². The quantitative estimate of drug-likeness (QED) is 0.901. The summed E-state index contributed by atoms with van der Waals surface area (Å²) < 4.78 is 0. The molecule has 0 spiro atoms. The Kier molecular flexibility index (Phi) is 3.57. The Hall–Kier alpha value is -1.68. The van der Waals surface area contributed by atoms with Crippen LogP contribution < -0.4 is 5.32 Å². The average Bonchev–Trinajstić information content (AvgIpc) is 2.46. The molecule has 1 heterocycles. The van der Waals surface area contributed by atoms with Crippen molar-refractivity contribution < 1.29 is 5.11 Å². The van der Waals surface area contributed by atoms with Crippen molar-refractivity contribution in [2.24, 2.45) is 0 Å². The minimum absolute atomic E-state index is 0.556. The maximum atomic E-state index is 10.5. The van der Waals surface area contributed by atoms with Crippen LogP contribution in [0, 0.1) is 6.92 Å². The Labute approximate surface area is 119 Å². The summed E-state index contributed by atoms with van der Waals surface area (Å²) in [4.78, 5) is 9.16. The van der Waals surface area contributed by atoms with Gasteiger partial charge in [0.1, 0.15) is 5.82 Å². The monoisotopic (exact) mass is 271 g/mol. The highest BCUT2D eigenvalue weighted by atomic mass is 16.3. The molecule has 3 rings (SSSR count). The van der Waals surface area contributed by atoms with Crippen LogP contribution in [0.4, 0.5) is 5.82 Å². The Balaban J connectivity index is 1.78. The lowest BCUT2D eigenvalue weighted by Crippen LogP contribution is -2.39. The average molecular weight is 271 g/mol. The van der Waals surface area contributed by atoms with E-state index in [-0.39, 0.29) is 0 Å². The van der Waals surface area contributed by atoms with Crippen LogP contribution in [-0.4, -0.2) is 27.2 Å². The van der Waals surface area contributed by atoms with Crippen molar-refractivity contribution >= 4 is 16.9 Å². The standard InChI is InChI=1S/C16H21N3O/c1-12-15(17-11-16(20)9-5-2-6-10-16)19-14-8-4-3-7-13(14)18-12/h3-4,7-8,20H,2,5-6,9-11H2,1H3,(H,17,19). The van der Waals surface area contributed by atoms with Gasteiger partial charge in [-0.15, -0.1) is 0 Å². The Morgan fingerprint density at radius 2 is 1.75 bits per heavy atom. The van der Waals surface area contributed by atoms with Crippen LogP contribution >= 0.6 is 0 Å². The number of benzene rings is 1. The summed E-state index contributed by atoms with van der Waals surface area (Å²) in [6.45, 7) is 2.51. The zero-order valence-corrected chi connectivity index (χ0v) is 11.9. The Morgan fingerprint density at radius 1 is 1.10 bits per heavy atom. The topological polar surface area (TPSA) is 58.0 Å². The lowest BCUT2D eigenvalue weighted by Gasteiger charge is -2.32. The van der Waals surface area contributed by atoms with E-state index in [0.29, 0.717) is 6.54 Å². The highest BCUT2D eigenvalue weighted by Crippen LogP contribution is 2.28. The van der Waals surface area contributed by atoms with Gasteiger partial charge in [0, 0.05) is 6.54 Å². The van der Waals surface area contributed by atoms with E-state index in [2.05, 4.69) is 15.3 Å². The molecule has 106 valence electrons. The second kappa shape index (κ2) is 5.37. The van der Waals surface area contributed by atoms with Crippen LogP contribution in [0.1, 0.15) is 37.8 Å². The molecule has 20 heavy (non-hydrogen) atoms. The molecule has 0 unspecified atom stereocenters.